The number of ether oxygens (including phenoxy) is 1. The van der Waals surface area contributed by atoms with Crippen LogP contribution < -0.4 is 14.5 Å². The van der Waals surface area contributed by atoms with Gasteiger partial charge in [0.1, 0.15) is 11.4 Å². The van der Waals surface area contributed by atoms with Crippen LogP contribution in [0, 0.1) is 0 Å². The molecule has 0 aliphatic carbocycles. The summed E-state index contributed by atoms with van der Waals surface area (Å²) in [6.07, 6.45) is 1.26. The molecule has 0 unspecified atom stereocenters. The van der Waals surface area contributed by atoms with E-state index < -0.39 is 11.6 Å². The Hall–Kier alpha value is -2.41. The number of quaternary nitrogens is 1. The average molecular weight is 416 g/mol. The van der Waals surface area contributed by atoms with Crippen molar-refractivity contribution in [1.82, 2.24) is 0 Å². The first-order chi connectivity index (χ1) is 13.9. The normalized spacial score (nSPS) is 27.3. The molecule has 0 spiro atoms. The number of anilines is 1. The molecule has 0 radical (unpaired) electrons. The summed E-state index contributed by atoms with van der Waals surface area (Å²) in [6.45, 7) is 1.25. The Kier molecular flexibility index (Phi) is 5.34. The maximum atomic E-state index is 13.0. The quantitative estimate of drug-likeness (QED) is 0.743. The molecule has 2 aliphatic heterocycles. The van der Waals surface area contributed by atoms with E-state index in [0.717, 1.165) is 10.5 Å². The number of nitrogens with one attached hydrogen (secondary N) is 1. The molecule has 0 saturated carbocycles. The van der Waals surface area contributed by atoms with Crippen molar-refractivity contribution in [3.63, 3.8) is 0 Å². The molecule has 29 heavy (non-hydrogen) atoms. The number of nitrogens with zero attached hydrogens (tertiary/aromatic N) is 1. The number of carbonyl (C=O) groups excluding carboxylic acids is 2. The number of aliphatic hydroxyl groups is 1. The zero-order valence-corrected chi connectivity index (χ0v) is 17.0. The Balaban J connectivity index is 1.45. The fraction of sp³-hybridized carbons (Fsp3) is 0.364. The summed E-state index contributed by atoms with van der Waals surface area (Å²) < 4.78 is 5.14. The van der Waals surface area contributed by atoms with Gasteiger partial charge in [0.15, 0.2) is 6.04 Å². The van der Waals surface area contributed by atoms with Gasteiger partial charge in [-0.1, -0.05) is 23.7 Å². The SMILES string of the molecule is COc1ccc(N2C(=O)C[C@H]([NH+]3CCC(O)(c4ccc(Cl)cc4)CC3)C2=O)cc1. The minimum Gasteiger partial charge on any atom is -0.497 e. The van der Waals surface area contributed by atoms with Gasteiger partial charge in [-0.05, 0) is 42.0 Å². The number of imide groups is 1. The first-order valence-electron chi connectivity index (χ1n) is 9.75. The fourth-order valence-corrected chi connectivity index (χ4v) is 4.46. The molecule has 2 saturated heterocycles. The van der Waals surface area contributed by atoms with Crippen LogP contribution in [0.4, 0.5) is 5.69 Å². The van der Waals surface area contributed by atoms with E-state index in [4.69, 9.17) is 16.3 Å². The number of benzene rings is 2. The van der Waals surface area contributed by atoms with E-state index in [0.29, 0.717) is 42.4 Å². The van der Waals surface area contributed by atoms with Gasteiger partial charge in [-0.2, -0.15) is 0 Å². The van der Waals surface area contributed by atoms with E-state index in [2.05, 4.69) is 0 Å². The second-order valence-electron chi connectivity index (χ2n) is 7.72. The second-order valence-corrected chi connectivity index (χ2v) is 8.16. The lowest BCUT2D eigenvalue weighted by Gasteiger charge is -2.38. The van der Waals surface area contributed by atoms with E-state index in [9.17, 15) is 14.7 Å². The highest BCUT2D eigenvalue weighted by molar-refractivity contribution is 6.30. The number of hydrogen-bond acceptors (Lipinski definition) is 4. The Morgan fingerprint density at radius 1 is 1.07 bits per heavy atom. The van der Waals surface area contributed by atoms with Crippen LogP contribution in [-0.2, 0) is 15.2 Å². The van der Waals surface area contributed by atoms with Crippen LogP contribution in [-0.4, -0.2) is 43.2 Å². The van der Waals surface area contributed by atoms with Crippen LogP contribution in [0.3, 0.4) is 0 Å². The number of rotatable bonds is 4. The minimum absolute atomic E-state index is 0.174. The van der Waals surface area contributed by atoms with Gasteiger partial charge in [-0.25, -0.2) is 4.90 Å². The first-order valence-corrected chi connectivity index (χ1v) is 10.1. The number of likely N-dealkylation sites (tertiary alicyclic amines) is 1. The van der Waals surface area contributed by atoms with E-state index in [1.807, 2.05) is 12.1 Å². The summed E-state index contributed by atoms with van der Waals surface area (Å²) in [5.41, 5.74) is 0.488. The predicted molar refractivity (Wildman–Crippen MR) is 109 cm³/mol. The number of hydrogen-bond donors (Lipinski definition) is 2. The van der Waals surface area contributed by atoms with Crippen molar-refractivity contribution in [3.8, 4) is 5.75 Å². The van der Waals surface area contributed by atoms with E-state index in [1.54, 1.807) is 43.5 Å². The van der Waals surface area contributed by atoms with Crippen molar-refractivity contribution in [2.75, 3.05) is 25.1 Å². The molecule has 2 aliphatic rings. The number of halogens is 1. The molecule has 2 aromatic carbocycles. The molecule has 152 valence electrons. The van der Waals surface area contributed by atoms with E-state index in [-0.39, 0.29) is 18.2 Å². The zero-order chi connectivity index (χ0) is 20.6. The van der Waals surface area contributed by atoms with Crippen LogP contribution in [0.5, 0.6) is 5.75 Å². The van der Waals surface area contributed by atoms with Gasteiger partial charge in [-0.15, -0.1) is 0 Å². The number of carbonyl (C=O) groups is 2. The smallest absolute Gasteiger partial charge is 0.292 e. The van der Waals surface area contributed by atoms with E-state index in [1.165, 1.54) is 4.90 Å². The van der Waals surface area contributed by atoms with Crippen LogP contribution in [0.15, 0.2) is 48.5 Å². The Morgan fingerprint density at radius 3 is 2.28 bits per heavy atom. The van der Waals surface area contributed by atoms with Gasteiger partial charge in [0, 0.05) is 17.9 Å². The summed E-state index contributed by atoms with van der Waals surface area (Å²) in [7, 11) is 1.57. The molecule has 1 atom stereocenters. The third-order valence-corrected chi connectivity index (χ3v) is 6.32. The second kappa shape index (κ2) is 7.78. The van der Waals surface area contributed by atoms with Crippen molar-refractivity contribution in [2.45, 2.75) is 30.9 Å². The molecular formula is C22H24ClN2O4+. The molecule has 7 heteroatoms. The molecule has 2 amide bonds. The topological polar surface area (TPSA) is 71.3 Å². The first kappa shape index (κ1) is 19.9. The number of amides is 2. The molecule has 6 nitrogen and oxygen atoms in total. The lowest BCUT2D eigenvalue weighted by atomic mass is 9.84. The monoisotopic (exact) mass is 415 g/mol. The van der Waals surface area contributed by atoms with Gasteiger partial charge < -0.3 is 14.7 Å². The molecule has 2 fully saturated rings. The van der Waals surface area contributed by atoms with Gasteiger partial charge >= 0.3 is 0 Å². The molecular weight excluding hydrogens is 392 g/mol. The Bertz CT molecular complexity index is 905. The molecule has 2 aromatic rings. The zero-order valence-electron chi connectivity index (χ0n) is 16.2. The third-order valence-electron chi connectivity index (χ3n) is 6.07. The molecule has 2 heterocycles. The average Bonchev–Trinajstić information content (AvgIpc) is 3.03. The van der Waals surface area contributed by atoms with Crippen LogP contribution in [0.25, 0.3) is 0 Å². The lowest BCUT2D eigenvalue weighted by Crippen LogP contribution is -3.18. The van der Waals surface area contributed by atoms with E-state index >= 15 is 0 Å². The fourth-order valence-electron chi connectivity index (χ4n) is 4.34. The Labute approximate surface area is 174 Å². The standard InChI is InChI=1S/C22H23ClN2O4/c1-29-18-8-6-17(7-9-18)25-20(26)14-19(21(25)27)24-12-10-22(28,11-13-24)15-2-4-16(23)5-3-15/h2-9,19,28H,10-14H2,1H3/p+1/t19-/m0/s1. The van der Waals surface area contributed by atoms with Crippen LogP contribution >= 0.6 is 11.6 Å². The number of piperidine rings is 1. The maximum Gasteiger partial charge on any atom is 0.292 e. The van der Waals surface area contributed by atoms with Gasteiger partial charge in [0.25, 0.3) is 5.91 Å². The van der Waals surface area contributed by atoms with Crippen molar-refractivity contribution < 1.29 is 24.3 Å². The summed E-state index contributed by atoms with van der Waals surface area (Å²) in [5.74, 6) is 0.316. The highest BCUT2D eigenvalue weighted by Gasteiger charge is 2.48. The van der Waals surface area contributed by atoms with Crippen molar-refractivity contribution in [3.05, 3.63) is 59.1 Å². The highest BCUT2D eigenvalue weighted by atomic mass is 35.5. The lowest BCUT2D eigenvalue weighted by molar-refractivity contribution is -0.922. The summed E-state index contributed by atoms with van der Waals surface area (Å²) >= 11 is 5.95. The van der Waals surface area contributed by atoms with Gasteiger partial charge in [-0.3, -0.25) is 9.59 Å². The van der Waals surface area contributed by atoms with Crippen molar-refractivity contribution in [1.29, 1.82) is 0 Å². The maximum absolute atomic E-state index is 13.0. The van der Waals surface area contributed by atoms with Crippen LogP contribution in [0.1, 0.15) is 24.8 Å². The van der Waals surface area contributed by atoms with Crippen molar-refractivity contribution >= 4 is 29.1 Å². The number of methoxy groups -OCH3 is 1. The summed E-state index contributed by atoms with van der Waals surface area (Å²) in [5, 5.41) is 11.7. The molecule has 0 aromatic heterocycles. The third kappa shape index (κ3) is 3.75. The summed E-state index contributed by atoms with van der Waals surface area (Å²) in [6, 6.07) is 13.8. The largest absolute Gasteiger partial charge is 0.497 e. The minimum atomic E-state index is -0.921. The molecule has 2 N–H and O–H groups in total. The van der Waals surface area contributed by atoms with Crippen molar-refractivity contribution in [2.24, 2.45) is 0 Å². The Morgan fingerprint density at radius 2 is 1.69 bits per heavy atom. The summed E-state index contributed by atoms with van der Waals surface area (Å²) in [4.78, 5) is 27.9. The van der Waals surface area contributed by atoms with Gasteiger partial charge in [0.2, 0.25) is 5.91 Å². The predicted octanol–water partition coefficient (Wildman–Crippen LogP) is 1.55. The van der Waals surface area contributed by atoms with Gasteiger partial charge in [0.05, 0.1) is 32.3 Å². The highest BCUT2D eigenvalue weighted by Crippen LogP contribution is 2.31. The molecule has 0 bridgehead atoms. The molecule has 4 rings (SSSR count). The van der Waals surface area contributed by atoms with Crippen LogP contribution in [0.2, 0.25) is 5.02 Å².